The Morgan fingerprint density at radius 3 is 2.33 bits per heavy atom. The molecule has 4 amide bonds. The minimum atomic E-state index is -0.771. The SMILES string of the molecule is COC(=O)N[C@H](C(=O)N1CCC[C@H]1c1ncc(-c2ccc3oc(-c4ccc(-c5cnc([C@@H]6C[C@@H]7CN6C(=O)[C@H](C(C)C)NC(=O)OC/C=C/CCCO7)[nH]5)cc4)cc3c2)[nH]1)C(C)C. The molecule has 63 heavy (non-hydrogen) atoms. The number of likely N-dealkylation sites (tertiary alicyclic amines) is 1. The van der Waals surface area contributed by atoms with E-state index in [2.05, 4.69) is 26.7 Å². The fourth-order valence-corrected chi connectivity index (χ4v) is 8.71. The molecule has 4 N–H and O–H groups in total. The average molecular weight is 861 g/mol. The molecule has 3 aromatic heterocycles. The number of hydrogen-bond acceptors (Lipinski definition) is 10. The van der Waals surface area contributed by atoms with Crippen LogP contribution in [0.1, 0.15) is 83.5 Å². The van der Waals surface area contributed by atoms with E-state index in [1.807, 2.05) is 82.3 Å². The Kier molecular flexibility index (Phi) is 13.0. The lowest BCUT2D eigenvalue weighted by Gasteiger charge is -2.30. The summed E-state index contributed by atoms with van der Waals surface area (Å²) < 4.78 is 22.7. The number of aromatic nitrogens is 4. The number of rotatable bonds is 9. The third-order valence-electron chi connectivity index (χ3n) is 12.2. The number of cyclic esters (lactones) is 1. The molecule has 0 saturated carbocycles. The van der Waals surface area contributed by atoms with E-state index < -0.39 is 24.3 Å². The van der Waals surface area contributed by atoms with Crippen LogP contribution in [0.4, 0.5) is 9.59 Å². The highest BCUT2D eigenvalue weighted by Crippen LogP contribution is 2.37. The molecule has 2 saturated heterocycles. The monoisotopic (exact) mass is 860 g/mol. The number of H-pyrrole nitrogens is 2. The Morgan fingerprint density at radius 2 is 1.60 bits per heavy atom. The van der Waals surface area contributed by atoms with Crippen molar-refractivity contribution in [1.82, 2.24) is 40.4 Å². The van der Waals surface area contributed by atoms with Gasteiger partial charge in [0.25, 0.3) is 0 Å². The maximum Gasteiger partial charge on any atom is 0.408 e. The summed E-state index contributed by atoms with van der Waals surface area (Å²) in [6.07, 6.45) is 9.72. The number of nitrogens with one attached hydrogen (secondary N) is 4. The van der Waals surface area contributed by atoms with Gasteiger partial charge in [0.15, 0.2) is 0 Å². The van der Waals surface area contributed by atoms with E-state index in [1.54, 1.807) is 22.2 Å². The number of hydrogen-bond donors (Lipinski definition) is 4. The molecule has 16 nitrogen and oxygen atoms in total. The first-order valence-electron chi connectivity index (χ1n) is 21.9. The first-order valence-corrected chi connectivity index (χ1v) is 21.9. The molecule has 2 fully saturated rings. The number of imidazole rings is 2. The minimum absolute atomic E-state index is 0.120. The van der Waals surface area contributed by atoms with Crippen LogP contribution in [0.15, 0.2) is 77.5 Å². The molecule has 2 bridgehead atoms. The number of carbonyl (C=O) groups is 4. The lowest BCUT2D eigenvalue weighted by Crippen LogP contribution is -2.51. The van der Waals surface area contributed by atoms with E-state index in [1.165, 1.54) is 7.11 Å². The van der Waals surface area contributed by atoms with Crippen LogP contribution in [0.5, 0.6) is 0 Å². The number of ether oxygens (including phenoxy) is 3. The van der Waals surface area contributed by atoms with Gasteiger partial charge in [0, 0.05) is 42.6 Å². The van der Waals surface area contributed by atoms with Crippen molar-refractivity contribution in [3.8, 4) is 33.8 Å². The normalized spacial score (nSPS) is 22.1. The molecular formula is C47H56N8O8. The predicted molar refractivity (Wildman–Crippen MR) is 235 cm³/mol. The summed E-state index contributed by atoms with van der Waals surface area (Å²) in [5.41, 5.74) is 5.12. The predicted octanol–water partition coefficient (Wildman–Crippen LogP) is 7.68. The summed E-state index contributed by atoms with van der Waals surface area (Å²) in [6, 6.07) is 14.0. The van der Waals surface area contributed by atoms with Gasteiger partial charge in [0.2, 0.25) is 11.8 Å². The first-order chi connectivity index (χ1) is 30.5. The lowest BCUT2D eigenvalue weighted by molar-refractivity contribution is -0.136. The van der Waals surface area contributed by atoms with Crippen molar-refractivity contribution in [1.29, 1.82) is 0 Å². The third kappa shape index (κ3) is 9.50. The molecule has 3 aliphatic rings. The molecule has 8 rings (SSSR count). The second-order valence-corrected chi connectivity index (χ2v) is 17.2. The molecule has 2 aromatic carbocycles. The fraction of sp³-hybridized carbons (Fsp3) is 0.447. The minimum Gasteiger partial charge on any atom is -0.456 e. The molecular weight excluding hydrogens is 805 g/mol. The van der Waals surface area contributed by atoms with Gasteiger partial charge >= 0.3 is 12.2 Å². The van der Waals surface area contributed by atoms with Crippen LogP contribution in [0, 0.1) is 11.8 Å². The van der Waals surface area contributed by atoms with E-state index in [0.717, 1.165) is 70.5 Å². The van der Waals surface area contributed by atoms with Crippen LogP contribution in [0.2, 0.25) is 0 Å². The highest BCUT2D eigenvalue weighted by Gasteiger charge is 2.42. The van der Waals surface area contributed by atoms with Gasteiger partial charge in [0.05, 0.1) is 49.1 Å². The number of nitrogens with zero attached hydrogens (tertiary/aromatic N) is 4. The summed E-state index contributed by atoms with van der Waals surface area (Å²) in [5, 5.41) is 6.42. The van der Waals surface area contributed by atoms with Gasteiger partial charge in [-0.3, -0.25) is 9.59 Å². The number of fused-ring (bicyclic) bond motifs is 3. The number of allylic oxidation sites excluding steroid dienone is 1. The maximum absolute atomic E-state index is 14.1. The van der Waals surface area contributed by atoms with Crippen molar-refractivity contribution in [2.24, 2.45) is 11.8 Å². The standard InChI is InChI=1S/C47H56N8O8/c1-27(2)40(52-46(58)60-5)44(56)54-18-10-11-36(54)42-48-25-35(51-42)31-16-17-38-32(21-31)22-39(63-38)30-14-12-29(13-15-30)34-24-49-43(50-34)37-23-33-26-55(37)45(57)41(28(3)4)53-47(59)62-20-9-7-6-8-19-61-33/h7,9,12-17,21-22,24-25,27-28,33,36-37,40-41H,6,8,10-11,18-20,23,26H2,1-5H3,(H,48,51)(H,49,50)(H,52,58)(H,53,59)/b9-7+/t33-,36+,37+,40+,41+/m1/s1. The summed E-state index contributed by atoms with van der Waals surface area (Å²) >= 11 is 0. The molecule has 0 radical (unpaired) electrons. The zero-order valence-electron chi connectivity index (χ0n) is 36.4. The molecule has 5 aromatic rings. The van der Waals surface area contributed by atoms with Gasteiger partial charge in [-0.25, -0.2) is 19.6 Å². The van der Waals surface area contributed by atoms with E-state index in [0.29, 0.717) is 37.8 Å². The number of methoxy groups -OCH3 is 1. The molecule has 3 aliphatic heterocycles. The largest absolute Gasteiger partial charge is 0.456 e. The summed E-state index contributed by atoms with van der Waals surface area (Å²) in [6.45, 7) is 9.27. The molecule has 332 valence electrons. The molecule has 6 heterocycles. The highest BCUT2D eigenvalue weighted by atomic mass is 16.5. The second kappa shape index (κ2) is 18.9. The Labute approximate surface area is 366 Å². The number of furan rings is 1. The van der Waals surface area contributed by atoms with Gasteiger partial charge in [-0.15, -0.1) is 0 Å². The van der Waals surface area contributed by atoms with Crippen LogP contribution in [-0.2, 0) is 23.8 Å². The zero-order chi connectivity index (χ0) is 44.2. The number of amides is 4. The van der Waals surface area contributed by atoms with Gasteiger partial charge in [-0.2, -0.15) is 0 Å². The smallest absolute Gasteiger partial charge is 0.408 e. The molecule has 5 atom stereocenters. The topological polar surface area (TPSA) is 197 Å². The van der Waals surface area contributed by atoms with Crippen molar-refractivity contribution in [2.75, 3.05) is 33.4 Å². The number of benzene rings is 2. The lowest BCUT2D eigenvalue weighted by atomic mass is 10.0. The van der Waals surface area contributed by atoms with Gasteiger partial charge < -0.3 is 49.0 Å². The van der Waals surface area contributed by atoms with Crippen LogP contribution in [-0.4, -0.2) is 105 Å². The van der Waals surface area contributed by atoms with Crippen molar-refractivity contribution in [3.05, 3.63) is 84.7 Å². The van der Waals surface area contributed by atoms with Crippen molar-refractivity contribution in [3.63, 3.8) is 0 Å². The summed E-state index contributed by atoms with van der Waals surface area (Å²) in [4.78, 5) is 72.3. The third-order valence-corrected chi connectivity index (χ3v) is 12.2. The summed E-state index contributed by atoms with van der Waals surface area (Å²) in [7, 11) is 1.29. The Morgan fingerprint density at radius 1 is 0.889 bits per heavy atom. The highest BCUT2D eigenvalue weighted by molar-refractivity contribution is 5.88. The Bertz CT molecular complexity index is 2450. The first kappa shape index (κ1) is 43.2. The molecule has 0 unspecified atom stereocenters. The number of aromatic amines is 2. The molecule has 0 aliphatic carbocycles. The average Bonchev–Trinajstić information content (AvgIpc) is 4.13. The van der Waals surface area contributed by atoms with Crippen LogP contribution in [0.25, 0.3) is 44.8 Å². The Hall–Kier alpha value is -6.42. The maximum atomic E-state index is 14.1. The van der Waals surface area contributed by atoms with E-state index in [9.17, 15) is 19.2 Å². The fourth-order valence-electron chi connectivity index (χ4n) is 8.71. The zero-order valence-corrected chi connectivity index (χ0v) is 36.4. The number of carbonyl (C=O) groups excluding carboxylic acids is 4. The van der Waals surface area contributed by atoms with Crippen LogP contribution >= 0.6 is 0 Å². The molecule has 16 heteroatoms. The second-order valence-electron chi connectivity index (χ2n) is 17.2. The van der Waals surface area contributed by atoms with Crippen molar-refractivity contribution >= 4 is 35.0 Å². The van der Waals surface area contributed by atoms with Crippen LogP contribution < -0.4 is 10.6 Å². The van der Waals surface area contributed by atoms with Gasteiger partial charge in [-0.05, 0) is 67.3 Å². The summed E-state index contributed by atoms with van der Waals surface area (Å²) in [5.74, 6) is 1.43. The van der Waals surface area contributed by atoms with E-state index >= 15 is 0 Å². The quantitative estimate of drug-likeness (QED) is 0.107. The van der Waals surface area contributed by atoms with E-state index in [-0.39, 0.29) is 48.4 Å². The number of alkyl carbamates (subject to hydrolysis) is 2. The molecule has 0 spiro atoms. The van der Waals surface area contributed by atoms with E-state index in [4.69, 9.17) is 28.6 Å². The van der Waals surface area contributed by atoms with Crippen molar-refractivity contribution < 1.29 is 37.8 Å². The van der Waals surface area contributed by atoms with Gasteiger partial charge in [0.1, 0.15) is 41.7 Å². The Balaban J connectivity index is 0.961. The van der Waals surface area contributed by atoms with Crippen molar-refractivity contribution in [2.45, 2.75) is 90.1 Å². The van der Waals surface area contributed by atoms with Gasteiger partial charge in [-0.1, -0.05) is 64.1 Å². The van der Waals surface area contributed by atoms with Crippen LogP contribution in [0.3, 0.4) is 0 Å².